The third-order valence-electron chi connectivity index (χ3n) is 4.05. The molecule has 1 saturated carbocycles. The zero-order chi connectivity index (χ0) is 12.8. The molecule has 102 valence electrons. The van der Waals surface area contributed by atoms with Crippen LogP contribution in [0.3, 0.4) is 0 Å². The predicted octanol–water partition coefficient (Wildman–Crippen LogP) is 1.79. The first kappa shape index (κ1) is 13.6. The molecule has 1 fully saturated rings. The molecule has 2 N–H and O–H groups in total. The zero-order valence-electron chi connectivity index (χ0n) is 11.3. The fourth-order valence-electron chi connectivity index (χ4n) is 2.87. The van der Waals surface area contributed by atoms with Crippen molar-refractivity contribution in [2.45, 2.75) is 45.7 Å². The van der Waals surface area contributed by atoms with Gasteiger partial charge in [0.25, 0.3) is 0 Å². The summed E-state index contributed by atoms with van der Waals surface area (Å²) in [5.41, 5.74) is 1.24. The van der Waals surface area contributed by atoms with Crippen LogP contribution in [-0.2, 0) is 13.1 Å². The van der Waals surface area contributed by atoms with Crippen LogP contribution in [0.25, 0.3) is 0 Å². The Bertz CT molecular complexity index is 351. The molecule has 1 heterocycles. The van der Waals surface area contributed by atoms with Crippen LogP contribution in [0, 0.1) is 11.8 Å². The summed E-state index contributed by atoms with van der Waals surface area (Å²) in [6.07, 6.45) is 9.07. The van der Waals surface area contributed by atoms with Gasteiger partial charge in [0, 0.05) is 31.5 Å². The van der Waals surface area contributed by atoms with Gasteiger partial charge in [-0.25, -0.2) is 0 Å². The number of hydrogen-bond donors (Lipinski definition) is 2. The second kappa shape index (κ2) is 6.90. The van der Waals surface area contributed by atoms with E-state index in [9.17, 15) is 5.11 Å². The van der Waals surface area contributed by atoms with Crippen molar-refractivity contribution in [1.82, 2.24) is 15.1 Å². The maximum Gasteiger partial charge on any atom is 0.0534 e. The van der Waals surface area contributed by atoms with Gasteiger partial charge in [0.15, 0.2) is 0 Å². The molecule has 4 heteroatoms. The minimum absolute atomic E-state index is 0.347. The van der Waals surface area contributed by atoms with E-state index in [0.717, 1.165) is 19.6 Å². The lowest BCUT2D eigenvalue weighted by molar-refractivity contribution is 0.133. The van der Waals surface area contributed by atoms with Gasteiger partial charge in [0.1, 0.15) is 0 Å². The van der Waals surface area contributed by atoms with Crippen LogP contribution in [0.15, 0.2) is 12.4 Å². The molecule has 2 unspecified atom stereocenters. The Hall–Kier alpha value is -0.870. The van der Waals surface area contributed by atoms with Crippen molar-refractivity contribution in [3.63, 3.8) is 0 Å². The van der Waals surface area contributed by atoms with E-state index in [-0.39, 0.29) is 0 Å². The van der Waals surface area contributed by atoms with Gasteiger partial charge < -0.3 is 10.4 Å². The molecule has 0 aliphatic heterocycles. The predicted molar refractivity (Wildman–Crippen MR) is 72.1 cm³/mol. The molecule has 0 aromatic carbocycles. The summed E-state index contributed by atoms with van der Waals surface area (Å²) in [7, 11) is 0. The molecule has 0 amide bonds. The van der Waals surface area contributed by atoms with Crippen molar-refractivity contribution in [2.24, 2.45) is 11.8 Å². The van der Waals surface area contributed by atoms with Crippen molar-refractivity contribution >= 4 is 0 Å². The lowest BCUT2D eigenvalue weighted by Gasteiger charge is -2.30. The van der Waals surface area contributed by atoms with Gasteiger partial charge in [-0.3, -0.25) is 4.68 Å². The van der Waals surface area contributed by atoms with Gasteiger partial charge in [-0.15, -0.1) is 0 Å². The van der Waals surface area contributed by atoms with Gasteiger partial charge in [-0.05, 0) is 38.1 Å². The molecule has 18 heavy (non-hydrogen) atoms. The summed E-state index contributed by atoms with van der Waals surface area (Å²) in [6.45, 7) is 5.27. The Balaban J connectivity index is 1.73. The summed E-state index contributed by atoms with van der Waals surface area (Å²) >= 11 is 0. The minimum Gasteiger partial charge on any atom is -0.396 e. The monoisotopic (exact) mass is 251 g/mol. The molecule has 0 spiro atoms. The minimum atomic E-state index is 0.347. The highest BCUT2D eigenvalue weighted by molar-refractivity contribution is 5.03. The highest BCUT2D eigenvalue weighted by Gasteiger charge is 2.23. The zero-order valence-corrected chi connectivity index (χ0v) is 11.3. The van der Waals surface area contributed by atoms with Gasteiger partial charge in [-0.2, -0.15) is 5.10 Å². The summed E-state index contributed by atoms with van der Waals surface area (Å²) in [5.74, 6) is 1.15. The quantitative estimate of drug-likeness (QED) is 0.810. The molecular weight excluding hydrogens is 226 g/mol. The average Bonchev–Trinajstić information content (AvgIpc) is 2.87. The number of nitrogens with one attached hydrogen (secondary N) is 1. The van der Waals surface area contributed by atoms with E-state index in [1.807, 2.05) is 10.9 Å². The first-order valence-electron chi connectivity index (χ1n) is 7.16. The van der Waals surface area contributed by atoms with E-state index in [2.05, 4.69) is 23.5 Å². The number of rotatable bonds is 6. The molecule has 1 aliphatic carbocycles. The molecule has 1 aliphatic rings. The van der Waals surface area contributed by atoms with Crippen LogP contribution in [0.4, 0.5) is 0 Å². The fraction of sp³-hybridized carbons (Fsp3) is 0.786. The molecule has 4 nitrogen and oxygen atoms in total. The number of aliphatic hydroxyl groups is 1. The van der Waals surface area contributed by atoms with Crippen molar-refractivity contribution < 1.29 is 5.11 Å². The molecule has 2 rings (SSSR count). The number of aryl methyl sites for hydroxylation is 1. The first-order valence-corrected chi connectivity index (χ1v) is 7.16. The summed E-state index contributed by atoms with van der Waals surface area (Å²) in [5, 5.41) is 17.1. The van der Waals surface area contributed by atoms with Gasteiger partial charge in [0.2, 0.25) is 0 Å². The first-order chi connectivity index (χ1) is 8.83. The van der Waals surface area contributed by atoms with E-state index in [4.69, 9.17) is 0 Å². The van der Waals surface area contributed by atoms with Crippen molar-refractivity contribution in [1.29, 1.82) is 0 Å². The van der Waals surface area contributed by atoms with Gasteiger partial charge in [-0.1, -0.05) is 12.8 Å². The Morgan fingerprint density at radius 3 is 2.83 bits per heavy atom. The van der Waals surface area contributed by atoms with Crippen molar-refractivity contribution in [3.05, 3.63) is 18.0 Å². The fourth-order valence-corrected chi connectivity index (χ4v) is 2.87. The van der Waals surface area contributed by atoms with E-state index in [1.165, 1.54) is 31.2 Å². The maximum atomic E-state index is 9.37. The van der Waals surface area contributed by atoms with Crippen LogP contribution >= 0.6 is 0 Å². The average molecular weight is 251 g/mol. The van der Waals surface area contributed by atoms with Crippen LogP contribution in [0.5, 0.6) is 0 Å². The SMILES string of the molecule is CCn1cc(CNCC2CCCCC2CO)cn1. The topological polar surface area (TPSA) is 50.1 Å². The smallest absolute Gasteiger partial charge is 0.0534 e. The standard InChI is InChI=1S/C14H25N3O/c1-2-17-10-12(8-16-17)7-15-9-13-5-3-4-6-14(13)11-18/h8,10,13-15,18H,2-7,9,11H2,1H3. The molecule has 0 bridgehead atoms. The Morgan fingerprint density at radius 2 is 2.17 bits per heavy atom. The largest absolute Gasteiger partial charge is 0.396 e. The third kappa shape index (κ3) is 3.56. The van der Waals surface area contributed by atoms with Crippen LogP contribution in [-0.4, -0.2) is 28.0 Å². The normalized spacial score (nSPS) is 24.3. The number of aromatic nitrogens is 2. The lowest BCUT2D eigenvalue weighted by Crippen LogP contribution is -2.32. The Kier molecular flexibility index (Phi) is 5.20. The summed E-state index contributed by atoms with van der Waals surface area (Å²) in [4.78, 5) is 0. The number of aliphatic hydroxyl groups excluding tert-OH is 1. The van der Waals surface area contributed by atoms with Crippen LogP contribution in [0.2, 0.25) is 0 Å². The van der Waals surface area contributed by atoms with E-state index in [1.54, 1.807) is 0 Å². The molecule has 0 saturated heterocycles. The van der Waals surface area contributed by atoms with E-state index in [0.29, 0.717) is 18.4 Å². The molecular formula is C14H25N3O. The highest BCUT2D eigenvalue weighted by atomic mass is 16.3. The van der Waals surface area contributed by atoms with Crippen LogP contribution < -0.4 is 5.32 Å². The van der Waals surface area contributed by atoms with E-state index < -0.39 is 0 Å². The second-order valence-corrected chi connectivity index (χ2v) is 5.32. The number of hydrogen-bond acceptors (Lipinski definition) is 3. The molecule has 0 radical (unpaired) electrons. The molecule has 1 aromatic rings. The van der Waals surface area contributed by atoms with Crippen molar-refractivity contribution in [2.75, 3.05) is 13.2 Å². The third-order valence-corrected chi connectivity index (χ3v) is 4.05. The maximum absolute atomic E-state index is 9.37. The Labute approximate surface area is 109 Å². The van der Waals surface area contributed by atoms with Gasteiger partial charge in [0.05, 0.1) is 6.20 Å². The van der Waals surface area contributed by atoms with Gasteiger partial charge >= 0.3 is 0 Å². The van der Waals surface area contributed by atoms with Crippen molar-refractivity contribution in [3.8, 4) is 0 Å². The Morgan fingerprint density at radius 1 is 1.39 bits per heavy atom. The lowest BCUT2D eigenvalue weighted by atomic mass is 9.79. The van der Waals surface area contributed by atoms with E-state index >= 15 is 0 Å². The van der Waals surface area contributed by atoms with Crippen LogP contribution in [0.1, 0.15) is 38.2 Å². The summed E-state index contributed by atoms with van der Waals surface area (Å²) < 4.78 is 1.95. The highest BCUT2D eigenvalue weighted by Crippen LogP contribution is 2.29. The summed E-state index contributed by atoms with van der Waals surface area (Å²) in [6, 6.07) is 0. The molecule has 1 aromatic heterocycles. The number of nitrogens with zero attached hydrogens (tertiary/aromatic N) is 2. The molecule has 2 atom stereocenters. The second-order valence-electron chi connectivity index (χ2n) is 5.32.